The van der Waals surface area contributed by atoms with Crippen LogP contribution in [0.15, 0.2) is 43.0 Å². The summed E-state index contributed by atoms with van der Waals surface area (Å²) >= 11 is 0. The molecule has 0 saturated heterocycles. The van der Waals surface area contributed by atoms with Gasteiger partial charge in [-0.15, -0.1) is 0 Å². The van der Waals surface area contributed by atoms with E-state index >= 15 is 0 Å². The van der Waals surface area contributed by atoms with Gasteiger partial charge in [-0.3, -0.25) is 0 Å². The molecular weight excluding hydrogens is 286 g/mol. The second-order valence-electron chi connectivity index (χ2n) is 4.98. The van der Waals surface area contributed by atoms with Crippen LogP contribution < -0.4 is 9.47 Å². The lowest BCUT2D eigenvalue weighted by Gasteiger charge is -2.11. The van der Waals surface area contributed by atoms with Gasteiger partial charge >= 0.3 is 0 Å². The van der Waals surface area contributed by atoms with E-state index < -0.39 is 0 Å². The summed E-state index contributed by atoms with van der Waals surface area (Å²) in [5.74, 6) is 1.61. The number of methoxy groups -OCH3 is 1. The Labute approximate surface area is 139 Å². The third-order valence-corrected chi connectivity index (χ3v) is 3.11. The van der Waals surface area contributed by atoms with E-state index in [-0.39, 0.29) is 0 Å². The zero-order chi connectivity index (χ0) is 17.2. The maximum atomic E-state index is 5.73. The number of fused-ring (bicyclic) bond motifs is 1. The molecule has 0 spiro atoms. The van der Waals surface area contributed by atoms with Gasteiger partial charge in [0.15, 0.2) is 0 Å². The van der Waals surface area contributed by atoms with Crippen molar-refractivity contribution in [1.82, 2.24) is 4.98 Å². The molecular formula is C20H27NO2. The maximum absolute atomic E-state index is 5.73. The largest absolute Gasteiger partial charge is 0.497 e. The molecule has 1 aromatic heterocycles. The quantitative estimate of drug-likeness (QED) is 0.669. The van der Waals surface area contributed by atoms with Crippen LogP contribution in [-0.4, -0.2) is 18.7 Å². The number of ether oxygens (including phenoxy) is 2. The van der Waals surface area contributed by atoms with Crippen LogP contribution in [0.2, 0.25) is 0 Å². The van der Waals surface area contributed by atoms with Gasteiger partial charge in [-0.25, -0.2) is 4.98 Å². The highest BCUT2D eigenvalue weighted by Crippen LogP contribution is 2.30. The number of aromatic nitrogens is 1. The number of nitrogens with zero attached hydrogens (tertiary/aromatic N) is 1. The lowest BCUT2D eigenvalue weighted by molar-refractivity contribution is 0.344. The summed E-state index contributed by atoms with van der Waals surface area (Å²) in [5, 5.41) is 0.982. The first-order chi connectivity index (χ1) is 11.1. The van der Waals surface area contributed by atoms with Crippen molar-refractivity contribution in [2.75, 3.05) is 13.7 Å². The Hall–Kier alpha value is -2.29. The molecule has 3 nitrogen and oxygen atoms in total. The van der Waals surface area contributed by atoms with E-state index in [1.165, 1.54) is 6.42 Å². The number of allylic oxidation sites excluding steroid dienone is 3. The van der Waals surface area contributed by atoms with Gasteiger partial charge in [0.2, 0.25) is 0 Å². The van der Waals surface area contributed by atoms with Crippen molar-refractivity contribution in [1.29, 1.82) is 0 Å². The normalized spacial score (nSPS) is 10.7. The fourth-order valence-electron chi connectivity index (χ4n) is 2.10. The maximum Gasteiger partial charge on any atom is 0.130 e. The van der Waals surface area contributed by atoms with Crippen LogP contribution in [0.3, 0.4) is 0 Å². The number of pyridine rings is 1. The molecule has 3 heteroatoms. The van der Waals surface area contributed by atoms with Crippen molar-refractivity contribution in [3.63, 3.8) is 0 Å². The first kappa shape index (κ1) is 18.8. The highest BCUT2D eigenvalue weighted by atomic mass is 16.5. The van der Waals surface area contributed by atoms with Crippen LogP contribution in [0.4, 0.5) is 0 Å². The Morgan fingerprint density at radius 3 is 2.43 bits per heavy atom. The molecule has 2 rings (SSSR count). The Bertz CT molecular complexity index is 675. The van der Waals surface area contributed by atoms with E-state index in [0.29, 0.717) is 6.61 Å². The Morgan fingerprint density at radius 1 is 1.22 bits per heavy atom. The smallest absolute Gasteiger partial charge is 0.130 e. The van der Waals surface area contributed by atoms with E-state index in [1.807, 2.05) is 44.2 Å². The Morgan fingerprint density at radius 2 is 1.91 bits per heavy atom. The average Bonchev–Trinajstić information content (AvgIpc) is 2.56. The third-order valence-electron chi connectivity index (χ3n) is 3.11. The fourth-order valence-corrected chi connectivity index (χ4v) is 2.10. The number of benzene rings is 1. The molecule has 1 heterocycles. The zero-order valence-corrected chi connectivity index (χ0v) is 14.8. The van der Waals surface area contributed by atoms with Gasteiger partial charge in [0.25, 0.3) is 0 Å². The van der Waals surface area contributed by atoms with Crippen LogP contribution in [0.1, 0.15) is 39.8 Å². The van der Waals surface area contributed by atoms with Gasteiger partial charge in [0.1, 0.15) is 11.5 Å². The van der Waals surface area contributed by atoms with E-state index in [2.05, 4.69) is 25.4 Å². The van der Waals surface area contributed by atoms with Crippen LogP contribution in [0.25, 0.3) is 16.5 Å². The first-order valence-electron chi connectivity index (χ1n) is 8.05. The molecule has 0 atom stereocenters. The molecule has 0 amide bonds. The van der Waals surface area contributed by atoms with Crippen molar-refractivity contribution in [2.24, 2.45) is 0 Å². The summed E-state index contributed by atoms with van der Waals surface area (Å²) in [7, 11) is 1.65. The molecule has 0 fully saturated rings. The molecule has 124 valence electrons. The first-order valence-corrected chi connectivity index (χ1v) is 8.05. The van der Waals surface area contributed by atoms with Gasteiger partial charge in [-0.05, 0) is 31.6 Å². The standard InChI is InChI=1S/C17H19NO2.C3H8/c1-5-12(6-2)15-11-17(20-7-3)14-9-8-13(19-4)10-16(14)18-15;1-3-2/h5-6,8-11H,1,7H2,2-4H3;3H2,1-2H3/b12-6+;. The molecule has 0 saturated carbocycles. The molecule has 0 unspecified atom stereocenters. The van der Waals surface area contributed by atoms with Gasteiger partial charge in [-0.2, -0.15) is 0 Å². The van der Waals surface area contributed by atoms with Crippen molar-refractivity contribution in [3.8, 4) is 11.5 Å². The molecule has 0 bridgehead atoms. The predicted molar refractivity (Wildman–Crippen MR) is 99.3 cm³/mol. The summed E-state index contributed by atoms with van der Waals surface area (Å²) in [5.41, 5.74) is 2.69. The van der Waals surface area contributed by atoms with Gasteiger partial charge in [-0.1, -0.05) is 39.0 Å². The minimum absolute atomic E-state index is 0.615. The van der Waals surface area contributed by atoms with Crippen molar-refractivity contribution < 1.29 is 9.47 Å². The van der Waals surface area contributed by atoms with E-state index in [0.717, 1.165) is 33.7 Å². The fraction of sp³-hybridized carbons (Fsp3) is 0.350. The topological polar surface area (TPSA) is 31.4 Å². The van der Waals surface area contributed by atoms with Crippen molar-refractivity contribution in [2.45, 2.75) is 34.1 Å². The lowest BCUT2D eigenvalue weighted by atomic mass is 10.1. The molecule has 0 aliphatic carbocycles. The Balaban J connectivity index is 0.000000816. The summed E-state index contributed by atoms with van der Waals surface area (Å²) < 4.78 is 11.0. The number of hydrogen-bond donors (Lipinski definition) is 0. The molecule has 0 radical (unpaired) electrons. The monoisotopic (exact) mass is 313 g/mol. The summed E-state index contributed by atoms with van der Waals surface area (Å²) in [6, 6.07) is 7.75. The highest BCUT2D eigenvalue weighted by molar-refractivity contribution is 5.89. The van der Waals surface area contributed by atoms with Crippen LogP contribution in [-0.2, 0) is 0 Å². The Kier molecular flexibility index (Phi) is 7.89. The van der Waals surface area contributed by atoms with Crippen molar-refractivity contribution >= 4 is 16.5 Å². The predicted octanol–water partition coefficient (Wildman–Crippen LogP) is 5.65. The van der Waals surface area contributed by atoms with Gasteiger partial charge in [0.05, 0.1) is 24.9 Å². The van der Waals surface area contributed by atoms with Gasteiger partial charge < -0.3 is 9.47 Å². The summed E-state index contributed by atoms with van der Waals surface area (Å²) in [4.78, 5) is 4.67. The van der Waals surface area contributed by atoms with E-state index in [9.17, 15) is 0 Å². The minimum Gasteiger partial charge on any atom is -0.497 e. The molecule has 23 heavy (non-hydrogen) atoms. The second-order valence-corrected chi connectivity index (χ2v) is 4.98. The third kappa shape index (κ3) is 4.85. The SMILES string of the molecule is C=C/C(=C\C)c1cc(OCC)c2ccc(OC)cc2n1.CCC. The van der Waals surface area contributed by atoms with Crippen LogP contribution in [0, 0.1) is 0 Å². The second kappa shape index (κ2) is 9.67. The zero-order valence-electron chi connectivity index (χ0n) is 14.8. The molecule has 0 N–H and O–H groups in total. The van der Waals surface area contributed by atoms with Crippen LogP contribution >= 0.6 is 0 Å². The van der Waals surface area contributed by atoms with Gasteiger partial charge in [0, 0.05) is 17.5 Å². The number of rotatable bonds is 5. The average molecular weight is 313 g/mol. The van der Waals surface area contributed by atoms with Crippen molar-refractivity contribution in [3.05, 3.63) is 48.7 Å². The highest BCUT2D eigenvalue weighted by Gasteiger charge is 2.09. The molecule has 2 aromatic rings. The number of hydrogen-bond acceptors (Lipinski definition) is 3. The summed E-state index contributed by atoms with van der Waals surface area (Å²) in [6.07, 6.45) is 5.03. The molecule has 0 aliphatic heterocycles. The van der Waals surface area contributed by atoms with E-state index in [1.54, 1.807) is 13.2 Å². The molecule has 1 aromatic carbocycles. The van der Waals surface area contributed by atoms with E-state index in [4.69, 9.17) is 9.47 Å². The minimum atomic E-state index is 0.615. The summed E-state index contributed by atoms with van der Waals surface area (Å²) in [6.45, 7) is 12.6. The van der Waals surface area contributed by atoms with Crippen LogP contribution in [0.5, 0.6) is 11.5 Å². The molecule has 0 aliphatic rings. The lowest BCUT2D eigenvalue weighted by Crippen LogP contribution is -1.97.